The number of carbonyl (C=O) groups excluding carboxylic acids is 1. The lowest BCUT2D eigenvalue weighted by Crippen LogP contribution is -2.50. The van der Waals surface area contributed by atoms with Crippen LogP contribution in [0.25, 0.3) is 0 Å². The first kappa shape index (κ1) is 19.0. The summed E-state index contributed by atoms with van der Waals surface area (Å²) in [7, 11) is 0. The van der Waals surface area contributed by atoms with E-state index in [0.29, 0.717) is 19.0 Å². The minimum Gasteiger partial charge on any atom is -0.494 e. The monoisotopic (exact) mass is 379 g/mol. The van der Waals surface area contributed by atoms with Gasteiger partial charge in [-0.3, -0.25) is 4.79 Å². The molecule has 4 nitrogen and oxygen atoms in total. The first-order valence-corrected chi connectivity index (χ1v) is 10.5. The molecule has 148 valence electrons. The minimum atomic E-state index is 0.0521. The molecule has 2 aromatic rings. The van der Waals surface area contributed by atoms with Gasteiger partial charge < -0.3 is 14.8 Å². The lowest BCUT2D eigenvalue weighted by atomic mass is 9.67. The predicted molar refractivity (Wildman–Crippen MR) is 110 cm³/mol. The van der Waals surface area contributed by atoms with Gasteiger partial charge in [0.1, 0.15) is 17.3 Å². The molecule has 1 saturated carbocycles. The van der Waals surface area contributed by atoms with Crippen molar-refractivity contribution in [3.05, 3.63) is 59.7 Å². The third-order valence-electron chi connectivity index (χ3n) is 6.03. The topological polar surface area (TPSA) is 47.6 Å². The number of benzene rings is 2. The third kappa shape index (κ3) is 3.66. The molecule has 4 rings (SSSR count). The SMILES string of the molecule is CCOc1ccc(C2NC(c3ccc(OCC)cc3)C3CCCC2C3=O)cc1. The van der Waals surface area contributed by atoms with Gasteiger partial charge in [-0.25, -0.2) is 0 Å². The Labute approximate surface area is 167 Å². The van der Waals surface area contributed by atoms with E-state index in [1.165, 1.54) is 0 Å². The number of carbonyl (C=O) groups is 1. The van der Waals surface area contributed by atoms with Crippen LogP contribution in [0.3, 0.4) is 0 Å². The van der Waals surface area contributed by atoms with Crippen molar-refractivity contribution in [3.63, 3.8) is 0 Å². The highest BCUT2D eigenvalue weighted by Crippen LogP contribution is 2.46. The fourth-order valence-corrected chi connectivity index (χ4v) is 4.74. The second-order valence-electron chi connectivity index (χ2n) is 7.67. The molecule has 1 aliphatic carbocycles. The average molecular weight is 380 g/mol. The van der Waals surface area contributed by atoms with Crippen LogP contribution in [0.5, 0.6) is 11.5 Å². The maximum absolute atomic E-state index is 13.2. The van der Waals surface area contributed by atoms with Gasteiger partial charge in [-0.15, -0.1) is 0 Å². The van der Waals surface area contributed by atoms with E-state index in [0.717, 1.165) is 41.9 Å². The minimum absolute atomic E-state index is 0.0521. The molecule has 4 unspecified atom stereocenters. The normalized spacial score (nSPS) is 26.7. The van der Waals surface area contributed by atoms with Gasteiger partial charge in [-0.05, 0) is 62.1 Å². The van der Waals surface area contributed by atoms with E-state index in [2.05, 4.69) is 29.6 Å². The van der Waals surface area contributed by atoms with Crippen molar-refractivity contribution in [1.82, 2.24) is 5.32 Å². The maximum Gasteiger partial charge on any atom is 0.142 e. The molecule has 0 aromatic heterocycles. The average Bonchev–Trinajstić information content (AvgIpc) is 2.70. The number of ether oxygens (including phenoxy) is 2. The molecule has 4 heteroatoms. The number of nitrogens with one attached hydrogen (secondary N) is 1. The lowest BCUT2D eigenvalue weighted by molar-refractivity contribution is -0.135. The Hall–Kier alpha value is -2.33. The zero-order valence-electron chi connectivity index (χ0n) is 16.7. The van der Waals surface area contributed by atoms with Gasteiger partial charge in [0, 0.05) is 23.9 Å². The molecular weight excluding hydrogens is 350 g/mol. The molecule has 1 saturated heterocycles. The predicted octanol–water partition coefficient (Wildman–Crippen LogP) is 4.86. The second-order valence-corrected chi connectivity index (χ2v) is 7.67. The number of ketones is 1. The Morgan fingerprint density at radius 2 is 1.21 bits per heavy atom. The number of hydrogen-bond acceptors (Lipinski definition) is 4. The summed E-state index contributed by atoms with van der Waals surface area (Å²) >= 11 is 0. The smallest absolute Gasteiger partial charge is 0.142 e. The van der Waals surface area contributed by atoms with Crippen LogP contribution in [0.4, 0.5) is 0 Å². The molecule has 1 heterocycles. The Balaban J connectivity index is 1.61. The molecule has 28 heavy (non-hydrogen) atoms. The second kappa shape index (κ2) is 8.36. The van der Waals surface area contributed by atoms with Gasteiger partial charge in [0.25, 0.3) is 0 Å². The Morgan fingerprint density at radius 3 is 1.61 bits per heavy atom. The van der Waals surface area contributed by atoms with Crippen molar-refractivity contribution in [2.45, 2.75) is 45.2 Å². The van der Waals surface area contributed by atoms with Gasteiger partial charge in [-0.2, -0.15) is 0 Å². The molecule has 2 bridgehead atoms. The summed E-state index contributed by atoms with van der Waals surface area (Å²) in [6.45, 7) is 5.28. The highest BCUT2D eigenvalue weighted by Gasteiger charge is 2.46. The summed E-state index contributed by atoms with van der Waals surface area (Å²) in [5, 5.41) is 3.82. The van der Waals surface area contributed by atoms with Crippen LogP contribution in [0.15, 0.2) is 48.5 Å². The molecular formula is C24H29NO3. The maximum atomic E-state index is 13.2. The standard InChI is InChI=1S/C24H29NO3/c1-3-27-18-12-8-16(9-13-18)22-20-6-5-7-21(24(20)26)23(25-22)17-10-14-19(15-11-17)28-4-2/h8-15,20-23,25H,3-7H2,1-2H3. The van der Waals surface area contributed by atoms with Gasteiger partial charge >= 0.3 is 0 Å². The summed E-state index contributed by atoms with van der Waals surface area (Å²) in [6.07, 6.45) is 3.05. The number of piperidine rings is 1. The van der Waals surface area contributed by atoms with Crippen molar-refractivity contribution in [2.24, 2.45) is 11.8 Å². The lowest BCUT2D eigenvalue weighted by Gasteiger charge is -2.45. The summed E-state index contributed by atoms with van der Waals surface area (Å²) in [6, 6.07) is 16.5. The number of rotatable bonds is 6. The van der Waals surface area contributed by atoms with Crippen molar-refractivity contribution in [2.75, 3.05) is 13.2 Å². The fraction of sp³-hybridized carbons (Fsp3) is 0.458. The van der Waals surface area contributed by atoms with E-state index >= 15 is 0 Å². The van der Waals surface area contributed by atoms with E-state index in [-0.39, 0.29) is 23.9 Å². The fourth-order valence-electron chi connectivity index (χ4n) is 4.74. The molecule has 2 fully saturated rings. The molecule has 2 aromatic carbocycles. The molecule has 1 N–H and O–H groups in total. The molecule has 4 atom stereocenters. The summed E-state index contributed by atoms with van der Waals surface area (Å²) in [5.41, 5.74) is 2.33. The van der Waals surface area contributed by atoms with Gasteiger partial charge in [0.2, 0.25) is 0 Å². The molecule has 0 amide bonds. The molecule has 2 aliphatic rings. The molecule has 0 radical (unpaired) electrons. The molecule has 0 spiro atoms. The summed E-state index contributed by atoms with van der Waals surface area (Å²) in [4.78, 5) is 13.2. The van der Waals surface area contributed by atoms with Crippen molar-refractivity contribution >= 4 is 5.78 Å². The van der Waals surface area contributed by atoms with Gasteiger partial charge in [0.15, 0.2) is 0 Å². The van der Waals surface area contributed by atoms with E-state index in [1.54, 1.807) is 0 Å². The van der Waals surface area contributed by atoms with Crippen LogP contribution in [0.1, 0.15) is 56.3 Å². The van der Waals surface area contributed by atoms with Crippen LogP contribution < -0.4 is 14.8 Å². The third-order valence-corrected chi connectivity index (χ3v) is 6.03. The van der Waals surface area contributed by atoms with Crippen molar-refractivity contribution in [1.29, 1.82) is 0 Å². The zero-order valence-corrected chi connectivity index (χ0v) is 16.7. The summed E-state index contributed by atoms with van der Waals surface area (Å²) in [5.74, 6) is 2.30. The van der Waals surface area contributed by atoms with E-state index < -0.39 is 0 Å². The largest absolute Gasteiger partial charge is 0.494 e. The summed E-state index contributed by atoms with van der Waals surface area (Å²) < 4.78 is 11.1. The Kier molecular flexibility index (Phi) is 5.67. The Bertz CT molecular complexity index is 734. The first-order chi connectivity index (χ1) is 13.7. The van der Waals surface area contributed by atoms with E-state index in [1.807, 2.05) is 38.1 Å². The van der Waals surface area contributed by atoms with Crippen LogP contribution >= 0.6 is 0 Å². The van der Waals surface area contributed by atoms with Crippen molar-refractivity contribution in [3.8, 4) is 11.5 Å². The Morgan fingerprint density at radius 1 is 0.786 bits per heavy atom. The highest BCUT2D eigenvalue weighted by molar-refractivity contribution is 5.87. The van der Waals surface area contributed by atoms with E-state index in [4.69, 9.17) is 9.47 Å². The van der Waals surface area contributed by atoms with Crippen LogP contribution in [0, 0.1) is 11.8 Å². The zero-order chi connectivity index (χ0) is 19.5. The van der Waals surface area contributed by atoms with Crippen LogP contribution in [-0.4, -0.2) is 19.0 Å². The van der Waals surface area contributed by atoms with Crippen molar-refractivity contribution < 1.29 is 14.3 Å². The van der Waals surface area contributed by atoms with E-state index in [9.17, 15) is 4.79 Å². The first-order valence-electron chi connectivity index (χ1n) is 10.5. The quantitative estimate of drug-likeness (QED) is 0.779. The van der Waals surface area contributed by atoms with Crippen LogP contribution in [0.2, 0.25) is 0 Å². The number of Topliss-reactive ketones (excluding diaryl/α,β-unsaturated/α-hetero) is 1. The van der Waals surface area contributed by atoms with Crippen LogP contribution in [-0.2, 0) is 4.79 Å². The highest BCUT2D eigenvalue weighted by atomic mass is 16.5. The molecule has 1 aliphatic heterocycles. The number of hydrogen-bond donors (Lipinski definition) is 1. The van der Waals surface area contributed by atoms with Gasteiger partial charge in [-0.1, -0.05) is 30.7 Å². The van der Waals surface area contributed by atoms with Gasteiger partial charge in [0.05, 0.1) is 13.2 Å². The number of fused-ring (bicyclic) bond motifs is 2.